The van der Waals surface area contributed by atoms with E-state index >= 15 is 0 Å². The maximum absolute atomic E-state index is 12.2. The van der Waals surface area contributed by atoms with Crippen molar-refractivity contribution in [3.05, 3.63) is 69.7 Å². The van der Waals surface area contributed by atoms with Crippen LogP contribution < -0.4 is 5.32 Å². The van der Waals surface area contributed by atoms with Crippen molar-refractivity contribution in [3.8, 4) is 0 Å². The number of rotatable bonds is 6. The van der Waals surface area contributed by atoms with Crippen LogP contribution >= 0.6 is 23.2 Å². The molecule has 4 nitrogen and oxygen atoms in total. The second-order valence-electron chi connectivity index (χ2n) is 6.84. The lowest BCUT2D eigenvalue weighted by molar-refractivity contribution is -0.0647. The van der Waals surface area contributed by atoms with Gasteiger partial charge in [0.25, 0.3) is 0 Å². The van der Waals surface area contributed by atoms with E-state index in [1.165, 1.54) is 0 Å². The summed E-state index contributed by atoms with van der Waals surface area (Å²) in [6, 6.07) is 15.3. The van der Waals surface area contributed by atoms with E-state index in [1.54, 1.807) is 4.90 Å². The molecule has 0 aromatic heterocycles. The first-order valence-corrected chi connectivity index (χ1v) is 9.95. The topological polar surface area (TPSA) is 41.6 Å². The minimum atomic E-state index is -0.378. The predicted octanol–water partition coefficient (Wildman–Crippen LogP) is 5.29. The van der Waals surface area contributed by atoms with Crippen LogP contribution in [0, 0.1) is 0 Å². The number of likely N-dealkylation sites (tertiary alicyclic amines) is 1. The fourth-order valence-electron chi connectivity index (χ4n) is 2.98. The molecule has 144 valence electrons. The quantitative estimate of drug-likeness (QED) is 0.707. The zero-order valence-electron chi connectivity index (χ0n) is 15.5. The highest BCUT2D eigenvalue weighted by molar-refractivity contribution is 6.32. The molecular weight excluding hydrogens is 383 g/mol. The summed E-state index contributed by atoms with van der Waals surface area (Å²) in [7, 11) is 0. The summed E-state index contributed by atoms with van der Waals surface area (Å²) in [5.74, 6) is 0. The normalized spacial score (nSPS) is 15.5. The summed E-state index contributed by atoms with van der Waals surface area (Å²) < 4.78 is 6.34. The number of hydrogen-bond donors (Lipinski definition) is 1. The highest BCUT2D eigenvalue weighted by Gasteiger charge is 2.35. The number of halogens is 2. The SMILES string of the molecule is CCC(C)NC(=O)N1CC(OC(c2ccccc2Cl)c2ccccc2Cl)C1. The third-order valence-electron chi connectivity index (χ3n) is 4.82. The van der Waals surface area contributed by atoms with E-state index in [9.17, 15) is 4.79 Å². The van der Waals surface area contributed by atoms with Crippen LogP contribution in [-0.2, 0) is 4.74 Å². The molecule has 0 bridgehead atoms. The molecule has 0 spiro atoms. The van der Waals surface area contributed by atoms with E-state index < -0.39 is 0 Å². The van der Waals surface area contributed by atoms with E-state index in [0.29, 0.717) is 23.1 Å². The third kappa shape index (κ3) is 4.75. The first kappa shape index (κ1) is 20.0. The van der Waals surface area contributed by atoms with Crippen LogP contribution in [0.15, 0.2) is 48.5 Å². The Morgan fingerprint density at radius 2 is 1.63 bits per heavy atom. The van der Waals surface area contributed by atoms with E-state index in [-0.39, 0.29) is 24.3 Å². The number of ether oxygens (including phenoxy) is 1. The van der Waals surface area contributed by atoms with Gasteiger partial charge in [-0.15, -0.1) is 0 Å². The van der Waals surface area contributed by atoms with Gasteiger partial charge in [0.15, 0.2) is 0 Å². The summed E-state index contributed by atoms with van der Waals surface area (Å²) in [6.07, 6.45) is 0.461. The van der Waals surface area contributed by atoms with Gasteiger partial charge >= 0.3 is 6.03 Å². The van der Waals surface area contributed by atoms with Gasteiger partial charge in [0.1, 0.15) is 6.10 Å². The van der Waals surface area contributed by atoms with Crippen LogP contribution in [0.2, 0.25) is 10.0 Å². The Balaban J connectivity index is 1.72. The van der Waals surface area contributed by atoms with E-state index in [1.807, 2.05) is 62.4 Å². The largest absolute Gasteiger partial charge is 0.362 e. The smallest absolute Gasteiger partial charge is 0.317 e. The minimum Gasteiger partial charge on any atom is -0.362 e. The molecule has 1 aliphatic heterocycles. The first-order valence-electron chi connectivity index (χ1n) is 9.19. The van der Waals surface area contributed by atoms with E-state index in [0.717, 1.165) is 17.5 Å². The minimum absolute atomic E-state index is 0.0452. The van der Waals surface area contributed by atoms with Crippen LogP contribution in [0.5, 0.6) is 0 Å². The Morgan fingerprint density at radius 1 is 1.11 bits per heavy atom. The van der Waals surface area contributed by atoms with Crippen LogP contribution in [0.4, 0.5) is 4.79 Å². The maximum atomic E-state index is 12.2. The third-order valence-corrected chi connectivity index (χ3v) is 5.51. The second-order valence-corrected chi connectivity index (χ2v) is 7.66. The fourth-order valence-corrected chi connectivity index (χ4v) is 3.45. The molecule has 1 aliphatic rings. The molecule has 2 aromatic carbocycles. The maximum Gasteiger partial charge on any atom is 0.317 e. The lowest BCUT2D eigenvalue weighted by Gasteiger charge is -2.41. The molecule has 0 radical (unpaired) electrons. The van der Waals surface area contributed by atoms with Gasteiger partial charge in [0.05, 0.1) is 19.2 Å². The molecule has 1 fully saturated rings. The summed E-state index contributed by atoms with van der Waals surface area (Å²) in [4.78, 5) is 13.9. The summed E-state index contributed by atoms with van der Waals surface area (Å²) in [5.41, 5.74) is 1.74. The van der Waals surface area contributed by atoms with Gasteiger partial charge in [-0.25, -0.2) is 4.79 Å². The average molecular weight is 407 g/mol. The Bertz CT molecular complexity index is 748. The number of amides is 2. The van der Waals surface area contributed by atoms with Crippen molar-refractivity contribution in [1.29, 1.82) is 0 Å². The predicted molar refractivity (Wildman–Crippen MR) is 109 cm³/mol. The van der Waals surface area contributed by atoms with Gasteiger partial charge in [0, 0.05) is 27.2 Å². The van der Waals surface area contributed by atoms with E-state index in [4.69, 9.17) is 27.9 Å². The zero-order chi connectivity index (χ0) is 19.4. The highest BCUT2D eigenvalue weighted by Crippen LogP contribution is 2.36. The van der Waals surface area contributed by atoms with E-state index in [2.05, 4.69) is 5.32 Å². The Hall–Kier alpha value is -1.75. The van der Waals surface area contributed by atoms with Crippen LogP contribution in [-0.4, -0.2) is 36.2 Å². The van der Waals surface area contributed by atoms with Gasteiger partial charge < -0.3 is 15.0 Å². The van der Waals surface area contributed by atoms with Gasteiger partial charge in [0.2, 0.25) is 0 Å². The number of carbonyl (C=O) groups is 1. The Kier molecular flexibility index (Phi) is 6.64. The fraction of sp³-hybridized carbons (Fsp3) is 0.381. The highest BCUT2D eigenvalue weighted by atomic mass is 35.5. The van der Waals surface area contributed by atoms with Crippen molar-refractivity contribution in [2.24, 2.45) is 0 Å². The molecule has 2 aromatic rings. The second kappa shape index (κ2) is 8.96. The summed E-state index contributed by atoms with van der Waals surface area (Å²) >= 11 is 12.8. The lowest BCUT2D eigenvalue weighted by atomic mass is 10.0. The Morgan fingerprint density at radius 3 is 2.11 bits per heavy atom. The number of urea groups is 1. The van der Waals surface area contributed by atoms with Crippen molar-refractivity contribution < 1.29 is 9.53 Å². The molecular formula is C21H24Cl2N2O2. The zero-order valence-corrected chi connectivity index (χ0v) is 17.0. The van der Waals surface area contributed by atoms with Gasteiger partial charge in [-0.05, 0) is 25.5 Å². The summed E-state index contributed by atoms with van der Waals surface area (Å²) in [6.45, 7) is 5.14. The van der Waals surface area contributed by atoms with Gasteiger partial charge in [-0.2, -0.15) is 0 Å². The molecule has 1 heterocycles. The van der Waals surface area contributed by atoms with Crippen molar-refractivity contribution >= 4 is 29.2 Å². The molecule has 3 rings (SSSR count). The standard InChI is InChI=1S/C21H24Cl2N2O2/c1-3-14(2)24-21(26)25-12-15(13-25)27-20(16-8-4-6-10-18(16)22)17-9-5-7-11-19(17)23/h4-11,14-15,20H,3,12-13H2,1-2H3,(H,24,26). The number of hydrogen-bond acceptors (Lipinski definition) is 2. The molecule has 27 heavy (non-hydrogen) atoms. The lowest BCUT2D eigenvalue weighted by Crippen LogP contribution is -2.58. The molecule has 0 aliphatic carbocycles. The molecule has 1 N–H and O–H groups in total. The van der Waals surface area contributed by atoms with Crippen LogP contribution in [0.1, 0.15) is 37.5 Å². The molecule has 1 atom stereocenters. The van der Waals surface area contributed by atoms with Crippen molar-refractivity contribution in [2.45, 2.75) is 38.5 Å². The molecule has 2 amide bonds. The number of carbonyl (C=O) groups excluding carboxylic acids is 1. The van der Waals surface area contributed by atoms with Gasteiger partial charge in [-0.1, -0.05) is 66.5 Å². The molecule has 6 heteroatoms. The molecule has 1 unspecified atom stereocenters. The molecule has 0 saturated carbocycles. The number of nitrogens with one attached hydrogen (secondary N) is 1. The van der Waals surface area contributed by atoms with Crippen LogP contribution in [0.25, 0.3) is 0 Å². The monoisotopic (exact) mass is 406 g/mol. The average Bonchev–Trinajstić information content (AvgIpc) is 2.62. The first-order chi connectivity index (χ1) is 13.0. The Labute approximate surface area is 170 Å². The van der Waals surface area contributed by atoms with Crippen LogP contribution in [0.3, 0.4) is 0 Å². The van der Waals surface area contributed by atoms with Crippen molar-refractivity contribution in [2.75, 3.05) is 13.1 Å². The number of benzene rings is 2. The molecule has 1 saturated heterocycles. The number of nitrogens with zero attached hydrogens (tertiary/aromatic N) is 1. The van der Waals surface area contributed by atoms with Crippen molar-refractivity contribution in [1.82, 2.24) is 10.2 Å². The van der Waals surface area contributed by atoms with Crippen molar-refractivity contribution in [3.63, 3.8) is 0 Å². The summed E-state index contributed by atoms with van der Waals surface area (Å²) in [5, 5.41) is 4.24. The van der Waals surface area contributed by atoms with Gasteiger partial charge in [-0.3, -0.25) is 0 Å².